The average molecular weight is 285 g/mol. The van der Waals surface area contributed by atoms with E-state index in [1.54, 1.807) is 11.3 Å². The van der Waals surface area contributed by atoms with Crippen molar-refractivity contribution >= 4 is 17.0 Å². The van der Waals surface area contributed by atoms with Gasteiger partial charge in [-0.2, -0.15) is 0 Å². The molecule has 0 aliphatic heterocycles. The van der Waals surface area contributed by atoms with Gasteiger partial charge < -0.3 is 10.0 Å². The maximum atomic E-state index is 8.69. The molecule has 0 bridgehead atoms. The number of thiophene rings is 1. The molecular formula is C17H19NOS. The minimum Gasteiger partial charge on any atom is -0.384 e. The van der Waals surface area contributed by atoms with Crippen LogP contribution < -0.4 is 4.90 Å². The zero-order valence-electron chi connectivity index (χ0n) is 11.9. The van der Waals surface area contributed by atoms with E-state index in [1.165, 1.54) is 16.1 Å². The Bertz CT molecular complexity index is 604. The summed E-state index contributed by atoms with van der Waals surface area (Å²) in [4.78, 5) is 3.50. The zero-order valence-corrected chi connectivity index (χ0v) is 12.7. The highest BCUT2D eigenvalue weighted by molar-refractivity contribution is 7.10. The molecule has 0 saturated heterocycles. The fourth-order valence-electron chi connectivity index (χ4n) is 1.98. The second-order valence-electron chi connectivity index (χ2n) is 4.64. The van der Waals surface area contributed by atoms with Gasteiger partial charge in [0.2, 0.25) is 0 Å². The number of anilines is 1. The van der Waals surface area contributed by atoms with Crippen molar-refractivity contribution in [2.75, 3.05) is 18.6 Å². The largest absolute Gasteiger partial charge is 0.384 e. The third-order valence-electron chi connectivity index (χ3n) is 3.14. The monoisotopic (exact) mass is 285 g/mol. The maximum absolute atomic E-state index is 8.69. The Morgan fingerprint density at radius 1 is 1.25 bits per heavy atom. The fourth-order valence-corrected chi connectivity index (χ4v) is 2.85. The molecule has 0 amide bonds. The molecule has 1 aromatic carbocycles. The number of nitrogens with zero attached hydrogens (tertiary/aromatic N) is 1. The molecule has 0 saturated carbocycles. The molecule has 20 heavy (non-hydrogen) atoms. The van der Waals surface area contributed by atoms with Gasteiger partial charge in [0.05, 0.1) is 6.54 Å². The molecule has 0 atom stereocenters. The second kappa shape index (κ2) is 7.14. The molecule has 0 radical (unpaired) electrons. The van der Waals surface area contributed by atoms with Crippen LogP contribution in [0.25, 0.3) is 0 Å². The summed E-state index contributed by atoms with van der Waals surface area (Å²) in [5, 5.41) is 10.7. The van der Waals surface area contributed by atoms with Crippen LogP contribution in [0.15, 0.2) is 35.7 Å². The van der Waals surface area contributed by atoms with Crippen molar-refractivity contribution in [1.82, 2.24) is 0 Å². The van der Waals surface area contributed by atoms with E-state index in [2.05, 4.69) is 61.0 Å². The van der Waals surface area contributed by atoms with Crippen LogP contribution in [0.4, 0.5) is 5.69 Å². The van der Waals surface area contributed by atoms with Crippen LogP contribution in [0.3, 0.4) is 0 Å². The third kappa shape index (κ3) is 3.86. The van der Waals surface area contributed by atoms with E-state index in [9.17, 15) is 0 Å². The van der Waals surface area contributed by atoms with Crippen LogP contribution in [0, 0.1) is 11.8 Å². The molecule has 0 spiro atoms. The van der Waals surface area contributed by atoms with Gasteiger partial charge in [-0.25, -0.2) is 0 Å². The van der Waals surface area contributed by atoms with E-state index in [0.29, 0.717) is 0 Å². The Balaban J connectivity index is 2.02. The lowest BCUT2D eigenvalue weighted by Crippen LogP contribution is -2.15. The van der Waals surface area contributed by atoms with Crippen LogP contribution in [0.5, 0.6) is 0 Å². The number of hydrogen-bond donors (Lipinski definition) is 1. The van der Waals surface area contributed by atoms with E-state index in [4.69, 9.17) is 5.11 Å². The Morgan fingerprint density at radius 3 is 2.65 bits per heavy atom. The van der Waals surface area contributed by atoms with E-state index in [-0.39, 0.29) is 6.61 Å². The predicted octanol–water partition coefficient (Wildman–Crippen LogP) is 3.29. The predicted molar refractivity (Wildman–Crippen MR) is 86.2 cm³/mol. The van der Waals surface area contributed by atoms with Gasteiger partial charge in [0.25, 0.3) is 0 Å². The first kappa shape index (κ1) is 14.6. The lowest BCUT2D eigenvalue weighted by Gasteiger charge is -2.18. The summed E-state index contributed by atoms with van der Waals surface area (Å²) in [5.74, 6) is 5.61. The number of aliphatic hydroxyl groups is 1. The molecular weight excluding hydrogens is 266 g/mol. The van der Waals surface area contributed by atoms with Crippen LogP contribution in [-0.4, -0.2) is 18.8 Å². The molecule has 1 aromatic heterocycles. The van der Waals surface area contributed by atoms with Gasteiger partial charge in [0.1, 0.15) is 6.61 Å². The standard InChI is InChI=1S/C17H19NOS/c1-3-14-6-8-16(9-7-14)18(2)12-17-11-15(13-20-17)5-4-10-19/h6-9,11,13,19H,3,10,12H2,1-2H3. The van der Waals surface area contributed by atoms with Crippen molar-refractivity contribution in [2.24, 2.45) is 0 Å². The van der Waals surface area contributed by atoms with Crippen molar-refractivity contribution in [1.29, 1.82) is 0 Å². The second-order valence-corrected chi connectivity index (χ2v) is 5.63. The van der Waals surface area contributed by atoms with Gasteiger partial charge in [-0.3, -0.25) is 0 Å². The molecule has 104 valence electrons. The Morgan fingerprint density at radius 2 is 2.00 bits per heavy atom. The number of hydrogen-bond acceptors (Lipinski definition) is 3. The van der Waals surface area contributed by atoms with Crippen molar-refractivity contribution in [3.8, 4) is 11.8 Å². The normalized spacial score (nSPS) is 9.95. The molecule has 0 aliphatic carbocycles. The average Bonchev–Trinajstić information content (AvgIpc) is 2.92. The molecule has 2 aromatic rings. The summed E-state index contributed by atoms with van der Waals surface area (Å²) in [7, 11) is 2.10. The Hall–Kier alpha value is -1.76. The number of rotatable bonds is 4. The van der Waals surface area contributed by atoms with Crippen LogP contribution in [0.1, 0.15) is 22.9 Å². The first-order valence-electron chi connectivity index (χ1n) is 6.70. The molecule has 0 unspecified atom stereocenters. The first-order valence-corrected chi connectivity index (χ1v) is 7.58. The van der Waals surface area contributed by atoms with Crippen molar-refractivity contribution in [3.05, 3.63) is 51.7 Å². The lowest BCUT2D eigenvalue weighted by molar-refractivity contribution is 0.350. The highest BCUT2D eigenvalue weighted by Gasteiger charge is 2.04. The van der Waals surface area contributed by atoms with Gasteiger partial charge in [-0.15, -0.1) is 11.3 Å². The SMILES string of the molecule is CCc1ccc(N(C)Cc2cc(C#CCO)cs2)cc1. The quantitative estimate of drug-likeness (QED) is 0.871. The summed E-state index contributed by atoms with van der Waals surface area (Å²) >= 11 is 1.70. The minimum atomic E-state index is -0.0884. The van der Waals surface area contributed by atoms with Crippen molar-refractivity contribution < 1.29 is 5.11 Å². The van der Waals surface area contributed by atoms with Gasteiger partial charge in [0.15, 0.2) is 0 Å². The van der Waals surface area contributed by atoms with Crippen LogP contribution in [-0.2, 0) is 13.0 Å². The molecule has 1 N–H and O–H groups in total. The maximum Gasteiger partial charge on any atom is 0.104 e. The minimum absolute atomic E-state index is 0.0884. The summed E-state index contributed by atoms with van der Waals surface area (Å²) in [5.41, 5.74) is 3.56. The smallest absolute Gasteiger partial charge is 0.104 e. The van der Waals surface area contributed by atoms with Gasteiger partial charge in [-0.05, 0) is 30.2 Å². The van der Waals surface area contributed by atoms with Crippen LogP contribution >= 0.6 is 11.3 Å². The van der Waals surface area contributed by atoms with Crippen molar-refractivity contribution in [3.63, 3.8) is 0 Å². The highest BCUT2D eigenvalue weighted by atomic mass is 32.1. The summed E-state index contributed by atoms with van der Waals surface area (Å²) in [6.45, 7) is 2.95. The van der Waals surface area contributed by atoms with E-state index >= 15 is 0 Å². The van der Waals surface area contributed by atoms with Gasteiger partial charge in [0, 0.05) is 28.6 Å². The Labute approximate surface area is 124 Å². The molecule has 0 aliphatic rings. The number of aryl methyl sites for hydroxylation is 1. The lowest BCUT2D eigenvalue weighted by atomic mass is 10.1. The van der Waals surface area contributed by atoms with E-state index in [0.717, 1.165) is 18.5 Å². The first-order chi connectivity index (χ1) is 9.72. The molecule has 2 nitrogen and oxygen atoms in total. The summed E-state index contributed by atoms with van der Waals surface area (Å²) in [6, 6.07) is 10.8. The van der Waals surface area contributed by atoms with Gasteiger partial charge in [-0.1, -0.05) is 30.9 Å². The molecule has 1 heterocycles. The third-order valence-corrected chi connectivity index (χ3v) is 4.07. The molecule has 0 fully saturated rings. The number of benzene rings is 1. The Kier molecular flexibility index (Phi) is 5.23. The topological polar surface area (TPSA) is 23.5 Å². The van der Waals surface area contributed by atoms with E-state index in [1.807, 2.05) is 5.38 Å². The fraction of sp³-hybridized carbons (Fsp3) is 0.294. The summed E-state index contributed by atoms with van der Waals surface area (Å²) in [6.07, 6.45) is 1.07. The zero-order chi connectivity index (χ0) is 14.4. The molecule has 2 rings (SSSR count). The van der Waals surface area contributed by atoms with Gasteiger partial charge >= 0.3 is 0 Å². The number of aliphatic hydroxyl groups excluding tert-OH is 1. The molecule has 3 heteroatoms. The highest BCUT2D eigenvalue weighted by Crippen LogP contribution is 2.20. The van der Waals surface area contributed by atoms with E-state index < -0.39 is 0 Å². The summed E-state index contributed by atoms with van der Waals surface area (Å²) < 4.78 is 0. The van der Waals surface area contributed by atoms with Crippen molar-refractivity contribution in [2.45, 2.75) is 19.9 Å². The van der Waals surface area contributed by atoms with Crippen LogP contribution in [0.2, 0.25) is 0 Å².